The number of hydrogen-bond acceptors (Lipinski definition) is 4. The Morgan fingerprint density at radius 2 is 2.12 bits per heavy atom. The fraction of sp³-hybridized carbons (Fsp3) is 0.421. The summed E-state index contributed by atoms with van der Waals surface area (Å²) in [5.74, 6) is 0.660. The van der Waals surface area contributed by atoms with Crippen LogP contribution in [0.4, 0.5) is 0 Å². The van der Waals surface area contributed by atoms with E-state index in [0.717, 1.165) is 44.4 Å². The Labute approximate surface area is 142 Å². The highest BCUT2D eigenvalue weighted by molar-refractivity contribution is 5.95. The minimum absolute atomic E-state index is 0.0279. The summed E-state index contributed by atoms with van der Waals surface area (Å²) >= 11 is 0. The molecule has 1 saturated heterocycles. The molecule has 126 valence electrons. The fourth-order valence-electron chi connectivity index (χ4n) is 2.99. The molecule has 0 aliphatic carbocycles. The molecule has 1 aromatic carbocycles. The fourth-order valence-corrected chi connectivity index (χ4v) is 2.99. The van der Waals surface area contributed by atoms with Gasteiger partial charge in [0.15, 0.2) is 5.82 Å². The molecule has 2 heterocycles. The zero-order valence-corrected chi connectivity index (χ0v) is 14.0. The molecule has 1 atom stereocenters. The SMILES string of the molecule is CN(CCC[C@@H]1CCCO1)C(=O)c1cccc(-c2ncccn2)c1. The summed E-state index contributed by atoms with van der Waals surface area (Å²) in [7, 11) is 1.85. The topological polar surface area (TPSA) is 55.3 Å². The normalized spacial score (nSPS) is 17.0. The standard InChI is InChI=1S/C19H23N3O2/c1-22(12-3-8-17-9-4-13-24-17)19(23)16-7-2-6-15(14-16)18-20-10-5-11-21-18/h2,5-7,10-11,14,17H,3-4,8-9,12-13H2,1H3/t17-/m1/s1. The largest absolute Gasteiger partial charge is 0.378 e. The van der Waals surface area contributed by atoms with Crippen LogP contribution in [0.3, 0.4) is 0 Å². The Bertz CT molecular complexity index is 669. The predicted molar refractivity (Wildman–Crippen MR) is 92.6 cm³/mol. The van der Waals surface area contributed by atoms with Crippen LogP contribution in [0, 0.1) is 0 Å². The summed E-state index contributed by atoms with van der Waals surface area (Å²) in [5, 5.41) is 0. The first-order chi connectivity index (χ1) is 11.7. The molecule has 2 aromatic rings. The summed E-state index contributed by atoms with van der Waals surface area (Å²) in [6.07, 6.45) is 8.09. The molecule has 24 heavy (non-hydrogen) atoms. The van der Waals surface area contributed by atoms with E-state index in [1.807, 2.05) is 31.3 Å². The molecule has 3 rings (SSSR count). The van der Waals surface area contributed by atoms with Crippen LogP contribution in [0.2, 0.25) is 0 Å². The lowest BCUT2D eigenvalue weighted by molar-refractivity contribution is 0.0763. The molecule has 1 aliphatic rings. The van der Waals surface area contributed by atoms with Gasteiger partial charge in [0.2, 0.25) is 0 Å². The predicted octanol–water partition coefficient (Wildman–Crippen LogP) is 3.17. The van der Waals surface area contributed by atoms with Gasteiger partial charge in [0, 0.05) is 43.7 Å². The van der Waals surface area contributed by atoms with Crippen LogP contribution in [0.5, 0.6) is 0 Å². The van der Waals surface area contributed by atoms with E-state index in [-0.39, 0.29) is 5.91 Å². The number of carbonyl (C=O) groups is 1. The van der Waals surface area contributed by atoms with Crippen molar-refractivity contribution in [2.75, 3.05) is 20.2 Å². The van der Waals surface area contributed by atoms with Gasteiger partial charge in [0.05, 0.1) is 6.10 Å². The molecule has 1 amide bonds. The van der Waals surface area contributed by atoms with Gasteiger partial charge in [-0.2, -0.15) is 0 Å². The van der Waals surface area contributed by atoms with Crippen molar-refractivity contribution < 1.29 is 9.53 Å². The molecule has 1 aliphatic heterocycles. The van der Waals surface area contributed by atoms with Crippen LogP contribution in [-0.2, 0) is 4.74 Å². The molecule has 0 N–H and O–H groups in total. The van der Waals surface area contributed by atoms with Gasteiger partial charge in [-0.25, -0.2) is 9.97 Å². The van der Waals surface area contributed by atoms with Crippen molar-refractivity contribution in [3.05, 3.63) is 48.3 Å². The third-order valence-electron chi connectivity index (χ3n) is 4.32. The number of rotatable bonds is 6. The first-order valence-corrected chi connectivity index (χ1v) is 8.48. The van der Waals surface area contributed by atoms with Crippen molar-refractivity contribution in [1.82, 2.24) is 14.9 Å². The molecule has 0 saturated carbocycles. The van der Waals surface area contributed by atoms with Gasteiger partial charge >= 0.3 is 0 Å². The molecule has 1 fully saturated rings. The number of nitrogens with zero attached hydrogens (tertiary/aromatic N) is 3. The van der Waals surface area contributed by atoms with Crippen molar-refractivity contribution in [2.45, 2.75) is 31.8 Å². The van der Waals surface area contributed by atoms with Gasteiger partial charge in [0.25, 0.3) is 5.91 Å². The summed E-state index contributed by atoms with van der Waals surface area (Å²) in [5.41, 5.74) is 1.52. The summed E-state index contributed by atoms with van der Waals surface area (Å²) in [6.45, 7) is 1.62. The second-order valence-corrected chi connectivity index (χ2v) is 6.16. The molecular formula is C19H23N3O2. The van der Waals surface area contributed by atoms with Gasteiger partial charge in [-0.15, -0.1) is 0 Å². The molecule has 0 unspecified atom stereocenters. The average molecular weight is 325 g/mol. The van der Waals surface area contributed by atoms with Crippen LogP contribution in [0.15, 0.2) is 42.7 Å². The third-order valence-corrected chi connectivity index (χ3v) is 4.32. The number of ether oxygens (including phenoxy) is 1. The number of amides is 1. The Morgan fingerprint density at radius 1 is 1.29 bits per heavy atom. The maximum Gasteiger partial charge on any atom is 0.253 e. The van der Waals surface area contributed by atoms with E-state index >= 15 is 0 Å². The number of benzene rings is 1. The van der Waals surface area contributed by atoms with Crippen molar-refractivity contribution in [3.63, 3.8) is 0 Å². The minimum atomic E-state index is 0.0279. The maximum atomic E-state index is 12.6. The third kappa shape index (κ3) is 4.17. The van der Waals surface area contributed by atoms with E-state index in [4.69, 9.17) is 4.74 Å². The van der Waals surface area contributed by atoms with Gasteiger partial charge < -0.3 is 9.64 Å². The highest BCUT2D eigenvalue weighted by Gasteiger charge is 2.17. The molecule has 0 bridgehead atoms. The lowest BCUT2D eigenvalue weighted by atomic mass is 10.1. The lowest BCUT2D eigenvalue weighted by Crippen LogP contribution is -2.28. The van der Waals surface area contributed by atoms with E-state index < -0.39 is 0 Å². The zero-order chi connectivity index (χ0) is 16.8. The van der Waals surface area contributed by atoms with Crippen LogP contribution in [0.25, 0.3) is 11.4 Å². The molecule has 0 radical (unpaired) electrons. The van der Waals surface area contributed by atoms with Gasteiger partial charge in [-0.1, -0.05) is 12.1 Å². The number of aromatic nitrogens is 2. The number of carbonyl (C=O) groups excluding carboxylic acids is 1. The van der Waals surface area contributed by atoms with Gasteiger partial charge in [0.1, 0.15) is 0 Å². The van der Waals surface area contributed by atoms with E-state index in [2.05, 4.69) is 9.97 Å². The van der Waals surface area contributed by atoms with E-state index in [0.29, 0.717) is 17.5 Å². The smallest absolute Gasteiger partial charge is 0.253 e. The first-order valence-electron chi connectivity index (χ1n) is 8.48. The highest BCUT2D eigenvalue weighted by Crippen LogP contribution is 2.18. The van der Waals surface area contributed by atoms with Crippen LogP contribution in [-0.4, -0.2) is 47.1 Å². The highest BCUT2D eigenvalue weighted by atomic mass is 16.5. The van der Waals surface area contributed by atoms with Gasteiger partial charge in [-0.3, -0.25) is 4.79 Å². The minimum Gasteiger partial charge on any atom is -0.378 e. The van der Waals surface area contributed by atoms with Gasteiger partial charge in [-0.05, 0) is 43.9 Å². The Hall–Kier alpha value is -2.27. The second kappa shape index (κ2) is 8.02. The van der Waals surface area contributed by atoms with Crippen molar-refractivity contribution >= 4 is 5.91 Å². The summed E-state index contributed by atoms with van der Waals surface area (Å²) < 4.78 is 5.63. The number of hydrogen-bond donors (Lipinski definition) is 0. The van der Waals surface area contributed by atoms with E-state index in [9.17, 15) is 4.79 Å². The molecular weight excluding hydrogens is 302 g/mol. The molecule has 5 heteroatoms. The van der Waals surface area contributed by atoms with E-state index in [1.165, 1.54) is 0 Å². The Kier molecular flexibility index (Phi) is 5.54. The lowest BCUT2D eigenvalue weighted by Gasteiger charge is -2.18. The Balaban J connectivity index is 1.59. The van der Waals surface area contributed by atoms with Crippen molar-refractivity contribution in [1.29, 1.82) is 0 Å². The monoisotopic (exact) mass is 325 g/mol. The van der Waals surface area contributed by atoms with Crippen LogP contribution in [0.1, 0.15) is 36.0 Å². The van der Waals surface area contributed by atoms with Crippen molar-refractivity contribution in [3.8, 4) is 11.4 Å². The summed E-state index contributed by atoms with van der Waals surface area (Å²) in [6, 6.07) is 9.27. The summed E-state index contributed by atoms with van der Waals surface area (Å²) in [4.78, 5) is 22.9. The van der Waals surface area contributed by atoms with E-state index in [1.54, 1.807) is 23.4 Å². The molecule has 1 aromatic heterocycles. The average Bonchev–Trinajstić information content (AvgIpc) is 3.15. The zero-order valence-electron chi connectivity index (χ0n) is 14.0. The molecule has 0 spiro atoms. The van der Waals surface area contributed by atoms with Crippen LogP contribution >= 0.6 is 0 Å². The maximum absolute atomic E-state index is 12.6. The van der Waals surface area contributed by atoms with Crippen molar-refractivity contribution in [2.24, 2.45) is 0 Å². The molecule has 5 nitrogen and oxygen atoms in total. The second-order valence-electron chi connectivity index (χ2n) is 6.16. The quantitative estimate of drug-likeness (QED) is 0.818. The Morgan fingerprint density at radius 3 is 2.88 bits per heavy atom. The first kappa shape index (κ1) is 16.6. The van der Waals surface area contributed by atoms with Crippen LogP contribution < -0.4 is 0 Å².